The molecular weight excluding hydrogens is 701 g/mol. The molecule has 1 aliphatic rings. The zero-order valence-corrected chi connectivity index (χ0v) is 30.6. The van der Waals surface area contributed by atoms with E-state index in [-0.39, 0.29) is 6.17 Å². The zero-order valence-electron chi connectivity index (χ0n) is 30.6. The minimum absolute atomic E-state index is 0.310. The van der Waals surface area contributed by atoms with Crippen LogP contribution in [0, 0.1) is 0 Å². The molecule has 1 unspecified atom stereocenters. The van der Waals surface area contributed by atoms with Gasteiger partial charge in [0.25, 0.3) is 0 Å². The highest BCUT2D eigenvalue weighted by Gasteiger charge is 2.25. The van der Waals surface area contributed by atoms with E-state index in [1.807, 2.05) is 48.5 Å². The maximum absolute atomic E-state index is 6.93. The van der Waals surface area contributed by atoms with Gasteiger partial charge in [0.2, 0.25) is 0 Å². The highest BCUT2D eigenvalue weighted by atomic mass is 16.3. The van der Waals surface area contributed by atoms with E-state index in [1.54, 1.807) is 0 Å². The standard InChI is InChI=1S/C51H32N4O2/c1-3-14-31(15-4-1)49-52-50(32-16-5-2-6-17-32)54-51(53-49)40-23-12-22-38-37-21-11-20-34(47(37)57-48(38)40)33-28-29-39-45(30-33)56-44-27-13-26-43(46(39)44)55-41-24-9-7-18-35(41)36-19-8-10-25-42(36)55/h1-30,49H,(H,52,53,54). The van der Waals surface area contributed by atoms with Crippen molar-refractivity contribution in [3.63, 3.8) is 0 Å². The molecule has 11 aromatic rings. The summed E-state index contributed by atoms with van der Waals surface area (Å²) < 4.78 is 16.0. The molecule has 57 heavy (non-hydrogen) atoms. The van der Waals surface area contributed by atoms with Gasteiger partial charge in [-0.3, -0.25) is 0 Å². The summed E-state index contributed by atoms with van der Waals surface area (Å²) in [6.07, 6.45) is -0.310. The van der Waals surface area contributed by atoms with Crippen LogP contribution in [0.2, 0.25) is 0 Å². The van der Waals surface area contributed by atoms with Crippen molar-refractivity contribution in [1.29, 1.82) is 0 Å². The fourth-order valence-corrected chi connectivity index (χ4v) is 8.69. The van der Waals surface area contributed by atoms with Gasteiger partial charge in [-0.2, -0.15) is 0 Å². The Hall–Kier alpha value is -7.70. The lowest BCUT2D eigenvalue weighted by atomic mass is 10.00. The van der Waals surface area contributed by atoms with Crippen LogP contribution < -0.4 is 5.32 Å². The fraction of sp³-hybridized carbons (Fsp3) is 0.0196. The van der Waals surface area contributed by atoms with E-state index < -0.39 is 0 Å². The molecule has 1 aliphatic heterocycles. The summed E-state index contributed by atoms with van der Waals surface area (Å²) in [6.45, 7) is 0. The fourth-order valence-electron chi connectivity index (χ4n) is 8.69. The molecule has 0 aliphatic carbocycles. The molecule has 0 amide bonds. The molecule has 0 fully saturated rings. The predicted molar refractivity (Wildman–Crippen MR) is 233 cm³/mol. The van der Waals surface area contributed by atoms with Crippen LogP contribution in [0.3, 0.4) is 0 Å². The summed E-state index contributed by atoms with van der Waals surface area (Å²) in [5, 5.41) is 10.3. The van der Waals surface area contributed by atoms with Gasteiger partial charge in [0, 0.05) is 38.1 Å². The first-order chi connectivity index (χ1) is 28.3. The van der Waals surface area contributed by atoms with Crippen molar-refractivity contribution < 1.29 is 8.83 Å². The van der Waals surface area contributed by atoms with Crippen LogP contribution in [-0.4, -0.2) is 16.2 Å². The highest BCUT2D eigenvalue weighted by molar-refractivity contribution is 6.21. The lowest BCUT2D eigenvalue weighted by molar-refractivity contribution is 0.660. The molecule has 12 rings (SSSR count). The number of para-hydroxylation sites is 4. The molecule has 1 N–H and O–H groups in total. The number of amidine groups is 2. The Morgan fingerprint density at radius 1 is 0.474 bits per heavy atom. The van der Waals surface area contributed by atoms with Crippen LogP contribution in [0.4, 0.5) is 0 Å². The second-order valence-electron chi connectivity index (χ2n) is 14.5. The number of aliphatic imine (C=N–C) groups is 2. The average Bonchev–Trinajstić information content (AvgIpc) is 3.96. The lowest BCUT2D eigenvalue weighted by Crippen LogP contribution is -2.33. The second-order valence-corrected chi connectivity index (χ2v) is 14.5. The smallest absolute Gasteiger partial charge is 0.159 e. The lowest BCUT2D eigenvalue weighted by Gasteiger charge is -2.23. The molecule has 0 saturated carbocycles. The normalized spacial score (nSPS) is 14.5. The second kappa shape index (κ2) is 12.4. The first kappa shape index (κ1) is 31.6. The molecule has 0 saturated heterocycles. The SMILES string of the molecule is c1ccc(C2=NC(c3ccccc3)NC(c3cccc4c3oc3c(-c5ccc6c(c5)oc5cccc(-n7c8ccccc8c8ccccc87)c56)cccc34)=N2)cc1. The van der Waals surface area contributed by atoms with E-state index in [1.165, 1.54) is 21.8 Å². The molecule has 6 heteroatoms. The minimum Gasteiger partial charge on any atom is -0.456 e. The maximum atomic E-state index is 6.93. The Morgan fingerprint density at radius 2 is 1.11 bits per heavy atom. The molecular formula is C51H32N4O2. The monoisotopic (exact) mass is 732 g/mol. The van der Waals surface area contributed by atoms with Gasteiger partial charge in [0.05, 0.1) is 27.7 Å². The van der Waals surface area contributed by atoms with Crippen molar-refractivity contribution in [1.82, 2.24) is 9.88 Å². The van der Waals surface area contributed by atoms with E-state index in [9.17, 15) is 0 Å². The van der Waals surface area contributed by atoms with Crippen LogP contribution in [0.25, 0.3) is 82.5 Å². The predicted octanol–water partition coefficient (Wildman–Crippen LogP) is 12.7. The Labute approximate surface area is 326 Å². The molecule has 0 radical (unpaired) electrons. The van der Waals surface area contributed by atoms with E-state index >= 15 is 0 Å². The molecule has 8 aromatic carbocycles. The summed E-state index contributed by atoms with van der Waals surface area (Å²) >= 11 is 0. The number of hydrogen-bond donors (Lipinski definition) is 1. The summed E-state index contributed by atoms with van der Waals surface area (Å²) in [6, 6.07) is 63.1. The number of furan rings is 2. The van der Waals surface area contributed by atoms with Crippen LogP contribution in [0.15, 0.2) is 201 Å². The summed E-state index contributed by atoms with van der Waals surface area (Å²) in [5.74, 6) is 1.39. The van der Waals surface area contributed by atoms with Gasteiger partial charge in [-0.15, -0.1) is 0 Å². The molecule has 1 atom stereocenters. The largest absolute Gasteiger partial charge is 0.456 e. The molecule has 0 spiro atoms. The van der Waals surface area contributed by atoms with Gasteiger partial charge in [0.1, 0.15) is 34.3 Å². The van der Waals surface area contributed by atoms with Crippen LogP contribution in [-0.2, 0) is 0 Å². The van der Waals surface area contributed by atoms with Crippen molar-refractivity contribution >= 4 is 77.4 Å². The van der Waals surface area contributed by atoms with Gasteiger partial charge in [-0.25, -0.2) is 9.98 Å². The number of fused-ring (bicyclic) bond motifs is 9. The Kier molecular flexibility index (Phi) is 6.89. The number of nitrogens with zero attached hydrogens (tertiary/aromatic N) is 3. The van der Waals surface area contributed by atoms with Gasteiger partial charge in [-0.1, -0.05) is 140 Å². The number of hydrogen-bond acceptors (Lipinski definition) is 5. The molecule has 268 valence electrons. The third-order valence-electron chi connectivity index (χ3n) is 11.3. The van der Waals surface area contributed by atoms with Crippen molar-refractivity contribution in [2.75, 3.05) is 0 Å². The van der Waals surface area contributed by atoms with Gasteiger partial charge in [-0.05, 0) is 53.6 Å². The quantitative estimate of drug-likeness (QED) is 0.192. The summed E-state index contributed by atoms with van der Waals surface area (Å²) in [4.78, 5) is 10.1. The molecule has 6 nitrogen and oxygen atoms in total. The zero-order chi connectivity index (χ0) is 37.5. The van der Waals surface area contributed by atoms with Gasteiger partial charge in [0.15, 0.2) is 5.84 Å². The number of aromatic nitrogens is 1. The van der Waals surface area contributed by atoms with Crippen molar-refractivity contribution in [3.05, 3.63) is 199 Å². The molecule has 0 bridgehead atoms. The Morgan fingerprint density at radius 3 is 1.86 bits per heavy atom. The van der Waals surface area contributed by atoms with E-state index in [4.69, 9.17) is 18.8 Å². The van der Waals surface area contributed by atoms with E-state index in [0.29, 0.717) is 11.7 Å². The van der Waals surface area contributed by atoms with Crippen LogP contribution in [0.1, 0.15) is 22.9 Å². The van der Waals surface area contributed by atoms with E-state index in [0.717, 1.165) is 77.4 Å². The Bertz CT molecular complexity index is 3390. The third-order valence-corrected chi connectivity index (χ3v) is 11.3. The van der Waals surface area contributed by atoms with Crippen LogP contribution >= 0.6 is 0 Å². The first-order valence-electron chi connectivity index (χ1n) is 19.2. The Balaban J connectivity index is 1.00. The number of nitrogens with one attached hydrogen (secondary N) is 1. The van der Waals surface area contributed by atoms with Gasteiger partial charge < -0.3 is 18.7 Å². The van der Waals surface area contributed by atoms with Crippen molar-refractivity contribution in [3.8, 4) is 16.8 Å². The summed E-state index contributed by atoms with van der Waals surface area (Å²) in [7, 11) is 0. The number of benzene rings is 8. The highest BCUT2D eigenvalue weighted by Crippen LogP contribution is 2.42. The first-order valence-corrected chi connectivity index (χ1v) is 19.2. The topological polar surface area (TPSA) is 68.0 Å². The van der Waals surface area contributed by atoms with Crippen LogP contribution in [0.5, 0.6) is 0 Å². The third kappa shape index (κ3) is 4.90. The maximum Gasteiger partial charge on any atom is 0.159 e. The van der Waals surface area contributed by atoms with E-state index in [2.05, 4.69) is 143 Å². The molecule has 4 heterocycles. The minimum atomic E-state index is -0.310. The summed E-state index contributed by atoms with van der Waals surface area (Å²) in [5.41, 5.74) is 11.6. The average molecular weight is 733 g/mol. The van der Waals surface area contributed by atoms with Crippen molar-refractivity contribution in [2.24, 2.45) is 9.98 Å². The molecule has 3 aromatic heterocycles. The number of rotatable bonds is 5. The van der Waals surface area contributed by atoms with Gasteiger partial charge >= 0.3 is 0 Å². The van der Waals surface area contributed by atoms with Crippen molar-refractivity contribution in [2.45, 2.75) is 6.17 Å².